The van der Waals surface area contributed by atoms with Crippen molar-refractivity contribution >= 4 is 29.1 Å². The van der Waals surface area contributed by atoms with Gasteiger partial charge in [-0.05, 0) is 60.9 Å². The summed E-state index contributed by atoms with van der Waals surface area (Å²) in [6.45, 7) is 4.55. The van der Waals surface area contributed by atoms with E-state index in [9.17, 15) is 14.4 Å². The quantitative estimate of drug-likeness (QED) is 0.520. The van der Waals surface area contributed by atoms with Crippen LogP contribution in [0.1, 0.15) is 23.1 Å². The van der Waals surface area contributed by atoms with E-state index in [1.54, 1.807) is 29.2 Å². The van der Waals surface area contributed by atoms with Crippen molar-refractivity contribution in [3.8, 4) is 5.75 Å². The molecule has 0 saturated carbocycles. The Morgan fingerprint density at radius 3 is 2.49 bits per heavy atom. The Morgan fingerprint density at radius 1 is 1.00 bits per heavy atom. The first kappa shape index (κ1) is 24.0. The van der Waals surface area contributed by atoms with Crippen molar-refractivity contribution in [2.45, 2.75) is 26.8 Å². The molecule has 1 saturated heterocycles. The Bertz CT molecular complexity index is 1210. The topological polar surface area (TPSA) is 87.7 Å². The van der Waals surface area contributed by atoms with Crippen LogP contribution in [0.3, 0.4) is 0 Å². The van der Waals surface area contributed by atoms with Gasteiger partial charge in [-0.25, -0.2) is 0 Å². The molecule has 0 radical (unpaired) electrons. The minimum atomic E-state index is -0.393. The van der Waals surface area contributed by atoms with Crippen molar-refractivity contribution in [2.24, 2.45) is 5.92 Å². The monoisotopic (exact) mass is 471 g/mol. The third kappa shape index (κ3) is 6.26. The summed E-state index contributed by atoms with van der Waals surface area (Å²) in [6.07, 6.45) is 0.178. The van der Waals surface area contributed by atoms with Gasteiger partial charge < -0.3 is 20.3 Å². The largest absolute Gasteiger partial charge is 0.484 e. The highest BCUT2D eigenvalue weighted by atomic mass is 16.5. The van der Waals surface area contributed by atoms with Gasteiger partial charge in [-0.2, -0.15) is 0 Å². The second-order valence-corrected chi connectivity index (χ2v) is 8.76. The number of ether oxygens (including phenoxy) is 1. The minimum Gasteiger partial charge on any atom is -0.484 e. The number of rotatable bonds is 8. The van der Waals surface area contributed by atoms with Crippen LogP contribution in [-0.4, -0.2) is 30.9 Å². The minimum absolute atomic E-state index is 0.0913. The molecular weight excluding hydrogens is 442 g/mol. The van der Waals surface area contributed by atoms with Gasteiger partial charge in [-0.3, -0.25) is 14.4 Å². The molecule has 180 valence electrons. The molecule has 1 aliphatic heterocycles. The van der Waals surface area contributed by atoms with Crippen LogP contribution in [0, 0.1) is 19.8 Å². The average Bonchev–Trinajstić information content (AvgIpc) is 3.26. The van der Waals surface area contributed by atoms with Gasteiger partial charge in [0.15, 0.2) is 6.61 Å². The molecule has 1 fully saturated rings. The van der Waals surface area contributed by atoms with Crippen molar-refractivity contribution in [2.75, 3.05) is 23.4 Å². The molecule has 2 N–H and O–H groups in total. The highest BCUT2D eigenvalue weighted by Gasteiger charge is 2.35. The number of carbonyl (C=O) groups excluding carboxylic acids is 3. The molecule has 3 aromatic carbocycles. The van der Waals surface area contributed by atoms with Gasteiger partial charge >= 0.3 is 0 Å². The van der Waals surface area contributed by atoms with Crippen molar-refractivity contribution in [3.05, 3.63) is 89.5 Å². The van der Waals surface area contributed by atoms with Gasteiger partial charge in [-0.15, -0.1) is 0 Å². The maximum Gasteiger partial charge on any atom is 0.262 e. The molecule has 0 spiro atoms. The van der Waals surface area contributed by atoms with E-state index in [4.69, 9.17) is 4.74 Å². The van der Waals surface area contributed by atoms with E-state index in [0.29, 0.717) is 24.5 Å². The summed E-state index contributed by atoms with van der Waals surface area (Å²) in [5.74, 6) is -0.336. The van der Waals surface area contributed by atoms with Crippen LogP contribution >= 0.6 is 0 Å². The SMILES string of the molecule is Cc1ccc(C)c(NC(=O)COc2ccc(N3C[C@@H](C(=O)NCc4ccccc4)CC3=O)cc2)c1. The van der Waals surface area contributed by atoms with E-state index < -0.39 is 5.92 Å². The van der Waals surface area contributed by atoms with Crippen LogP contribution in [-0.2, 0) is 20.9 Å². The van der Waals surface area contributed by atoms with E-state index in [1.807, 2.05) is 62.4 Å². The van der Waals surface area contributed by atoms with Gasteiger partial charge in [-0.1, -0.05) is 42.5 Å². The Balaban J connectivity index is 1.28. The molecule has 0 aliphatic carbocycles. The molecule has 0 bridgehead atoms. The summed E-state index contributed by atoms with van der Waals surface area (Å²) in [5.41, 5.74) is 4.52. The number of hydrogen-bond acceptors (Lipinski definition) is 4. The summed E-state index contributed by atoms with van der Waals surface area (Å²) in [6, 6.07) is 22.5. The first-order valence-electron chi connectivity index (χ1n) is 11.6. The normalized spacial score (nSPS) is 15.1. The molecule has 1 aliphatic rings. The molecule has 7 heteroatoms. The number of amides is 3. The van der Waals surface area contributed by atoms with Crippen LogP contribution in [0.2, 0.25) is 0 Å². The van der Waals surface area contributed by atoms with Crippen molar-refractivity contribution in [1.82, 2.24) is 5.32 Å². The van der Waals surface area contributed by atoms with Crippen LogP contribution in [0.15, 0.2) is 72.8 Å². The maximum atomic E-state index is 12.6. The summed E-state index contributed by atoms with van der Waals surface area (Å²) in [4.78, 5) is 39.0. The Morgan fingerprint density at radius 2 is 1.74 bits per heavy atom. The van der Waals surface area contributed by atoms with E-state index in [-0.39, 0.29) is 30.7 Å². The molecule has 1 heterocycles. The molecule has 3 amide bonds. The fraction of sp³-hybridized carbons (Fsp3) is 0.250. The summed E-state index contributed by atoms with van der Waals surface area (Å²) >= 11 is 0. The first-order chi connectivity index (χ1) is 16.9. The van der Waals surface area contributed by atoms with Crippen LogP contribution in [0.4, 0.5) is 11.4 Å². The molecule has 0 unspecified atom stereocenters. The van der Waals surface area contributed by atoms with Gasteiger partial charge in [0.1, 0.15) is 5.75 Å². The van der Waals surface area contributed by atoms with Crippen LogP contribution in [0.25, 0.3) is 0 Å². The Labute approximate surface area is 205 Å². The maximum absolute atomic E-state index is 12.6. The predicted molar refractivity (Wildman–Crippen MR) is 135 cm³/mol. The number of anilines is 2. The second-order valence-electron chi connectivity index (χ2n) is 8.76. The zero-order valence-electron chi connectivity index (χ0n) is 19.9. The molecule has 3 aromatic rings. The predicted octanol–water partition coefficient (Wildman–Crippen LogP) is 3.99. The number of benzene rings is 3. The van der Waals surface area contributed by atoms with E-state index in [2.05, 4.69) is 10.6 Å². The number of carbonyl (C=O) groups is 3. The lowest BCUT2D eigenvalue weighted by atomic mass is 10.1. The molecule has 4 rings (SSSR count). The lowest BCUT2D eigenvalue weighted by molar-refractivity contribution is -0.126. The number of aryl methyl sites for hydroxylation is 2. The van der Waals surface area contributed by atoms with E-state index in [1.165, 1.54) is 0 Å². The molecule has 1 atom stereocenters. The van der Waals surface area contributed by atoms with E-state index in [0.717, 1.165) is 22.4 Å². The standard InChI is InChI=1S/C28H29N3O4/c1-19-8-9-20(2)25(14-19)30-26(32)18-35-24-12-10-23(11-13-24)31-17-22(15-27(31)33)28(34)29-16-21-6-4-3-5-7-21/h3-14,22H,15-18H2,1-2H3,(H,29,34)(H,30,32)/t22-/m0/s1. The Kier molecular flexibility index (Phi) is 7.45. The van der Waals surface area contributed by atoms with Crippen molar-refractivity contribution < 1.29 is 19.1 Å². The van der Waals surface area contributed by atoms with E-state index >= 15 is 0 Å². The van der Waals surface area contributed by atoms with Crippen LogP contribution < -0.4 is 20.3 Å². The Hall–Kier alpha value is -4.13. The fourth-order valence-electron chi connectivity index (χ4n) is 3.99. The van der Waals surface area contributed by atoms with Gasteiger partial charge in [0, 0.05) is 30.9 Å². The highest BCUT2D eigenvalue weighted by molar-refractivity contribution is 6.00. The summed E-state index contributed by atoms with van der Waals surface area (Å²) in [7, 11) is 0. The second kappa shape index (κ2) is 10.9. The van der Waals surface area contributed by atoms with Crippen LogP contribution in [0.5, 0.6) is 5.75 Å². The lowest BCUT2D eigenvalue weighted by Gasteiger charge is -2.17. The lowest BCUT2D eigenvalue weighted by Crippen LogP contribution is -2.32. The fourth-order valence-corrected chi connectivity index (χ4v) is 3.99. The van der Waals surface area contributed by atoms with Crippen molar-refractivity contribution in [3.63, 3.8) is 0 Å². The zero-order valence-corrected chi connectivity index (χ0v) is 19.9. The summed E-state index contributed by atoms with van der Waals surface area (Å²) < 4.78 is 5.61. The number of nitrogens with zero attached hydrogens (tertiary/aromatic N) is 1. The van der Waals surface area contributed by atoms with Gasteiger partial charge in [0.05, 0.1) is 5.92 Å². The third-order valence-corrected chi connectivity index (χ3v) is 5.99. The number of hydrogen-bond donors (Lipinski definition) is 2. The number of nitrogens with one attached hydrogen (secondary N) is 2. The third-order valence-electron chi connectivity index (χ3n) is 5.99. The van der Waals surface area contributed by atoms with Gasteiger partial charge in [0.2, 0.25) is 11.8 Å². The van der Waals surface area contributed by atoms with Crippen molar-refractivity contribution in [1.29, 1.82) is 0 Å². The first-order valence-corrected chi connectivity index (χ1v) is 11.6. The molecule has 7 nitrogen and oxygen atoms in total. The summed E-state index contributed by atoms with van der Waals surface area (Å²) in [5, 5.41) is 5.78. The average molecular weight is 472 g/mol. The molecule has 35 heavy (non-hydrogen) atoms. The smallest absolute Gasteiger partial charge is 0.262 e. The zero-order chi connectivity index (χ0) is 24.8. The highest BCUT2D eigenvalue weighted by Crippen LogP contribution is 2.27. The van der Waals surface area contributed by atoms with Gasteiger partial charge in [0.25, 0.3) is 5.91 Å². The molecule has 0 aromatic heterocycles. The molecular formula is C28H29N3O4.